The van der Waals surface area contributed by atoms with Gasteiger partial charge in [-0.15, -0.1) is 0 Å². The van der Waals surface area contributed by atoms with E-state index in [1.807, 2.05) is 12.1 Å². The lowest BCUT2D eigenvalue weighted by Crippen LogP contribution is -2.36. The second kappa shape index (κ2) is 8.08. The third kappa shape index (κ3) is 4.93. The van der Waals surface area contributed by atoms with Gasteiger partial charge < -0.3 is 10.1 Å². The lowest BCUT2D eigenvalue weighted by atomic mass is 10.1. The number of hydrogen-bond acceptors (Lipinski definition) is 4. The molecule has 0 amide bonds. The zero-order valence-corrected chi connectivity index (χ0v) is 13.4. The number of thioether (sulfide) groups is 2. The third-order valence-electron chi connectivity index (χ3n) is 3.30. The Morgan fingerprint density at radius 3 is 2.95 bits per heavy atom. The number of ether oxygens (including phenoxy) is 1. The van der Waals surface area contributed by atoms with Gasteiger partial charge >= 0.3 is 0 Å². The number of methoxy groups -OCH3 is 1. The van der Waals surface area contributed by atoms with Crippen LogP contribution >= 0.6 is 23.5 Å². The first-order chi connectivity index (χ1) is 9.29. The van der Waals surface area contributed by atoms with Crippen molar-refractivity contribution in [1.29, 1.82) is 0 Å². The highest BCUT2D eigenvalue weighted by Crippen LogP contribution is 2.23. The molecule has 106 valence electrons. The molecule has 1 aromatic carbocycles. The fourth-order valence-corrected chi connectivity index (χ4v) is 4.89. The maximum Gasteiger partial charge on any atom is 0.122 e. The van der Waals surface area contributed by atoms with Crippen LogP contribution in [0.4, 0.5) is 0 Å². The van der Waals surface area contributed by atoms with Gasteiger partial charge in [-0.1, -0.05) is 18.2 Å². The lowest BCUT2D eigenvalue weighted by Gasteiger charge is -2.23. The SMILES string of the molecule is COc1ccccc1CC(C)NCC1CSCCS1. The maximum atomic E-state index is 5.41. The van der Waals surface area contributed by atoms with Crippen LogP contribution in [0.2, 0.25) is 0 Å². The number of hydrogen-bond donors (Lipinski definition) is 1. The lowest BCUT2D eigenvalue weighted by molar-refractivity contribution is 0.406. The van der Waals surface area contributed by atoms with Crippen molar-refractivity contribution >= 4 is 23.5 Å². The average Bonchev–Trinajstić information content (AvgIpc) is 2.47. The molecule has 0 radical (unpaired) electrons. The fourth-order valence-electron chi connectivity index (χ4n) is 2.26. The Morgan fingerprint density at radius 1 is 1.37 bits per heavy atom. The number of para-hydroxylation sites is 1. The predicted octanol–water partition coefficient (Wildman–Crippen LogP) is 3.06. The molecule has 1 N–H and O–H groups in total. The first-order valence-electron chi connectivity index (χ1n) is 6.84. The van der Waals surface area contributed by atoms with E-state index in [0.29, 0.717) is 6.04 Å². The van der Waals surface area contributed by atoms with Gasteiger partial charge in [-0.2, -0.15) is 23.5 Å². The summed E-state index contributed by atoms with van der Waals surface area (Å²) in [6, 6.07) is 8.79. The molecule has 2 rings (SSSR count). The Kier molecular flexibility index (Phi) is 6.41. The van der Waals surface area contributed by atoms with E-state index in [4.69, 9.17) is 4.74 Å². The smallest absolute Gasteiger partial charge is 0.122 e. The van der Waals surface area contributed by atoms with E-state index < -0.39 is 0 Å². The molecule has 0 bridgehead atoms. The summed E-state index contributed by atoms with van der Waals surface area (Å²) in [5.74, 6) is 4.91. The molecule has 1 fully saturated rings. The van der Waals surface area contributed by atoms with E-state index >= 15 is 0 Å². The normalized spacial score (nSPS) is 21.1. The van der Waals surface area contributed by atoms with Gasteiger partial charge in [-0.25, -0.2) is 0 Å². The van der Waals surface area contributed by atoms with Crippen LogP contribution in [0.5, 0.6) is 5.75 Å². The van der Waals surface area contributed by atoms with E-state index in [1.54, 1.807) is 7.11 Å². The summed E-state index contributed by atoms with van der Waals surface area (Å²) in [7, 11) is 1.74. The Balaban J connectivity index is 1.78. The first kappa shape index (κ1) is 15.1. The largest absolute Gasteiger partial charge is 0.496 e. The summed E-state index contributed by atoms with van der Waals surface area (Å²) in [5.41, 5.74) is 1.29. The fraction of sp³-hybridized carbons (Fsp3) is 0.600. The second-order valence-corrected chi connectivity index (χ2v) is 7.45. The van der Waals surface area contributed by atoms with Crippen LogP contribution < -0.4 is 10.1 Å². The van der Waals surface area contributed by atoms with Gasteiger partial charge in [0.05, 0.1) is 7.11 Å². The summed E-state index contributed by atoms with van der Waals surface area (Å²) in [6.45, 7) is 3.38. The molecule has 2 nitrogen and oxygen atoms in total. The number of rotatable bonds is 6. The van der Waals surface area contributed by atoms with Crippen LogP contribution in [-0.4, -0.2) is 42.2 Å². The van der Waals surface area contributed by atoms with Crippen molar-refractivity contribution in [2.75, 3.05) is 30.9 Å². The minimum Gasteiger partial charge on any atom is -0.496 e. The van der Waals surface area contributed by atoms with Gasteiger partial charge in [0.15, 0.2) is 0 Å². The second-order valence-electron chi connectivity index (χ2n) is 4.89. The molecule has 4 heteroatoms. The Hall–Kier alpha value is -0.320. The molecule has 2 unspecified atom stereocenters. The van der Waals surface area contributed by atoms with Crippen molar-refractivity contribution in [1.82, 2.24) is 5.32 Å². The molecule has 1 saturated heterocycles. The van der Waals surface area contributed by atoms with Gasteiger partial charge in [0, 0.05) is 35.1 Å². The van der Waals surface area contributed by atoms with Crippen molar-refractivity contribution in [3.63, 3.8) is 0 Å². The number of nitrogens with one attached hydrogen (secondary N) is 1. The van der Waals surface area contributed by atoms with Crippen LogP contribution in [-0.2, 0) is 6.42 Å². The molecule has 0 aliphatic carbocycles. The van der Waals surface area contributed by atoms with Crippen molar-refractivity contribution < 1.29 is 4.74 Å². The van der Waals surface area contributed by atoms with E-state index in [-0.39, 0.29) is 0 Å². The zero-order chi connectivity index (χ0) is 13.5. The molecule has 0 saturated carbocycles. The van der Waals surface area contributed by atoms with Crippen molar-refractivity contribution in [2.45, 2.75) is 24.6 Å². The Labute approximate surface area is 125 Å². The van der Waals surface area contributed by atoms with Gasteiger partial charge in [0.1, 0.15) is 5.75 Å². The van der Waals surface area contributed by atoms with E-state index in [9.17, 15) is 0 Å². The van der Waals surface area contributed by atoms with Gasteiger partial charge in [-0.3, -0.25) is 0 Å². The summed E-state index contributed by atoms with van der Waals surface area (Å²) < 4.78 is 5.41. The minimum atomic E-state index is 0.490. The number of benzene rings is 1. The zero-order valence-electron chi connectivity index (χ0n) is 11.7. The standard InChI is InChI=1S/C15H23NOS2/c1-12(16-10-14-11-18-7-8-19-14)9-13-5-3-4-6-15(13)17-2/h3-6,12,14,16H,7-11H2,1-2H3. The molecule has 1 heterocycles. The monoisotopic (exact) mass is 297 g/mol. The molecule has 1 aromatic rings. The summed E-state index contributed by atoms with van der Waals surface area (Å²) in [5, 5.41) is 4.44. The molecule has 0 spiro atoms. The first-order valence-corrected chi connectivity index (χ1v) is 9.04. The molecular formula is C15H23NOS2. The molecular weight excluding hydrogens is 274 g/mol. The van der Waals surface area contributed by atoms with Gasteiger partial charge in [0.25, 0.3) is 0 Å². The molecule has 19 heavy (non-hydrogen) atoms. The minimum absolute atomic E-state index is 0.490. The molecule has 1 aliphatic rings. The summed E-state index contributed by atoms with van der Waals surface area (Å²) >= 11 is 4.20. The van der Waals surface area contributed by atoms with Crippen molar-refractivity contribution in [3.8, 4) is 5.75 Å². The van der Waals surface area contributed by atoms with Crippen LogP contribution in [0.1, 0.15) is 12.5 Å². The average molecular weight is 297 g/mol. The molecule has 0 aromatic heterocycles. The van der Waals surface area contributed by atoms with Crippen LogP contribution in [0.25, 0.3) is 0 Å². The predicted molar refractivity (Wildman–Crippen MR) is 87.7 cm³/mol. The Morgan fingerprint density at radius 2 is 2.21 bits per heavy atom. The van der Waals surface area contributed by atoms with Crippen molar-refractivity contribution in [2.24, 2.45) is 0 Å². The van der Waals surface area contributed by atoms with Gasteiger partial charge in [0.2, 0.25) is 0 Å². The van der Waals surface area contributed by atoms with E-state index in [0.717, 1.165) is 24.0 Å². The van der Waals surface area contributed by atoms with Crippen LogP contribution in [0.3, 0.4) is 0 Å². The topological polar surface area (TPSA) is 21.3 Å². The highest BCUT2D eigenvalue weighted by molar-refractivity contribution is 8.06. The summed E-state index contributed by atoms with van der Waals surface area (Å²) in [4.78, 5) is 0. The van der Waals surface area contributed by atoms with Gasteiger partial charge in [-0.05, 0) is 25.0 Å². The summed E-state index contributed by atoms with van der Waals surface area (Å²) in [6.07, 6.45) is 1.02. The third-order valence-corrected chi connectivity index (χ3v) is 6.14. The molecule has 1 aliphatic heterocycles. The van der Waals surface area contributed by atoms with E-state index in [2.05, 4.69) is 47.9 Å². The highest BCUT2D eigenvalue weighted by atomic mass is 32.2. The quantitative estimate of drug-likeness (QED) is 0.871. The molecule has 2 atom stereocenters. The Bertz CT molecular complexity index is 380. The maximum absolute atomic E-state index is 5.41. The van der Waals surface area contributed by atoms with E-state index in [1.165, 1.54) is 22.8 Å². The van der Waals surface area contributed by atoms with Crippen LogP contribution in [0.15, 0.2) is 24.3 Å². The van der Waals surface area contributed by atoms with Crippen molar-refractivity contribution in [3.05, 3.63) is 29.8 Å². The highest BCUT2D eigenvalue weighted by Gasteiger charge is 2.15. The van der Waals surface area contributed by atoms with Crippen LogP contribution in [0, 0.1) is 0 Å².